The van der Waals surface area contributed by atoms with Crippen LogP contribution in [0.5, 0.6) is 0 Å². The van der Waals surface area contributed by atoms with E-state index in [-0.39, 0.29) is 24.7 Å². The molecule has 0 bridgehead atoms. The Balaban J connectivity index is 2.34. The number of hydrogen-bond acceptors (Lipinski definition) is 5. The van der Waals surface area contributed by atoms with Crippen LogP contribution in [0.2, 0.25) is 0 Å². The van der Waals surface area contributed by atoms with Gasteiger partial charge in [-0.2, -0.15) is 0 Å². The summed E-state index contributed by atoms with van der Waals surface area (Å²) >= 11 is 0. The van der Waals surface area contributed by atoms with Gasteiger partial charge in [0.25, 0.3) is 0 Å². The van der Waals surface area contributed by atoms with Crippen molar-refractivity contribution >= 4 is 11.9 Å². The highest BCUT2D eigenvalue weighted by Crippen LogP contribution is 2.27. The van der Waals surface area contributed by atoms with Crippen LogP contribution >= 0.6 is 0 Å². The van der Waals surface area contributed by atoms with Gasteiger partial charge in [-0.05, 0) is 50.3 Å². The van der Waals surface area contributed by atoms with Gasteiger partial charge in [0.2, 0.25) is 0 Å². The Morgan fingerprint density at radius 3 is 2.29 bits per heavy atom. The maximum atomic E-state index is 12.4. The summed E-state index contributed by atoms with van der Waals surface area (Å²) in [6.07, 6.45) is 1.41. The van der Waals surface area contributed by atoms with Gasteiger partial charge in [-0.1, -0.05) is 30.3 Å². The molecule has 1 unspecified atom stereocenters. The number of ether oxygens (including phenoxy) is 2. The van der Waals surface area contributed by atoms with E-state index in [0.717, 1.165) is 25.1 Å². The lowest BCUT2D eigenvalue weighted by Crippen LogP contribution is -2.36. The molecular formula is C19H25NO4. The van der Waals surface area contributed by atoms with Gasteiger partial charge >= 0.3 is 11.9 Å². The molecule has 1 atom stereocenters. The largest absolute Gasteiger partial charge is 0.462 e. The van der Waals surface area contributed by atoms with Crippen LogP contribution in [0.25, 0.3) is 0 Å². The average molecular weight is 331 g/mol. The Kier molecular flexibility index (Phi) is 7.00. The molecule has 1 N–H and O–H groups in total. The van der Waals surface area contributed by atoms with Gasteiger partial charge in [-0.3, -0.25) is 0 Å². The van der Waals surface area contributed by atoms with E-state index in [0.29, 0.717) is 6.42 Å². The monoisotopic (exact) mass is 331 g/mol. The van der Waals surface area contributed by atoms with E-state index in [1.54, 1.807) is 13.8 Å². The predicted octanol–water partition coefficient (Wildman–Crippen LogP) is 2.26. The Morgan fingerprint density at radius 2 is 1.71 bits per heavy atom. The van der Waals surface area contributed by atoms with Crippen molar-refractivity contribution in [1.29, 1.82) is 0 Å². The first-order valence-electron chi connectivity index (χ1n) is 8.49. The number of hydrogen-bond donors (Lipinski definition) is 1. The van der Waals surface area contributed by atoms with Crippen LogP contribution in [0.1, 0.15) is 25.8 Å². The van der Waals surface area contributed by atoms with Crippen LogP contribution < -0.4 is 5.32 Å². The topological polar surface area (TPSA) is 64.6 Å². The van der Waals surface area contributed by atoms with Gasteiger partial charge < -0.3 is 14.8 Å². The zero-order valence-electron chi connectivity index (χ0n) is 14.3. The molecule has 1 aromatic carbocycles. The fraction of sp³-hybridized carbons (Fsp3) is 0.474. The molecular weight excluding hydrogens is 306 g/mol. The number of nitrogens with one attached hydrogen (secondary N) is 1. The summed E-state index contributed by atoms with van der Waals surface area (Å²) in [4.78, 5) is 24.7. The fourth-order valence-electron chi connectivity index (χ4n) is 3.00. The second-order valence-corrected chi connectivity index (χ2v) is 5.68. The minimum absolute atomic E-state index is 0.0740. The summed E-state index contributed by atoms with van der Waals surface area (Å²) in [6.45, 7) is 5.40. The molecule has 0 saturated carbocycles. The number of piperidine rings is 1. The van der Waals surface area contributed by atoms with Crippen molar-refractivity contribution in [3.8, 4) is 0 Å². The zero-order chi connectivity index (χ0) is 17.4. The summed E-state index contributed by atoms with van der Waals surface area (Å²) in [5.74, 6) is -1.08. The Morgan fingerprint density at radius 1 is 1.08 bits per heavy atom. The summed E-state index contributed by atoms with van der Waals surface area (Å²) in [5.41, 5.74) is 2.10. The van der Waals surface area contributed by atoms with E-state index in [2.05, 4.69) is 17.4 Å². The predicted molar refractivity (Wildman–Crippen MR) is 91.4 cm³/mol. The van der Waals surface area contributed by atoms with Gasteiger partial charge in [-0.25, -0.2) is 9.59 Å². The number of rotatable bonds is 6. The standard InChI is InChI=1S/C19H25NO4/c1-3-23-18(21)17(19(22)24-4-2)16-10-11-20-13-15(16)12-14-8-6-5-7-9-14/h5-9,15,20H,3-4,10-13H2,1-2H3. The SMILES string of the molecule is CCOC(=O)C(C(=O)OCC)=C1CCNCC1Cc1ccccc1. The molecule has 0 aliphatic carbocycles. The molecule has 0 radical (unpaired) electrons. The van der Waals surface area contributed by atoms with Crippen molar-refractivity contribution < 1.29 is 19.1 Å². The molecule has 1 heterocycles. The molecule has 1 aliphatic heterocycles. The first kappa shape index (κ1) is 18.2. The van der Waals surface area contributed by atoms with Crippen LogP contribution in [0.3, 0.4) is 0 Å². The van der Waals surface area contributed by atoms with E-state index in [1.807, 2.05) is 18.2 Å². The van der Waals surface area contributed by atoms with Crippen molar-refractivity contribution in [2.45, 2.75) is 26.7 Å². The highest BCUT2D eigenvalue weighted by atomic mass is 16.6. The first-order valence-corrected chi connectivity index (χ1v) is 8.49. The lowest BCUT2D eigenvalue weighted by atomic mass is 9.84. The minimum Gasteiger partial charge on any atom is -0.462 e. The molecule has 5 nitrogen and oxygen atoms in total. The Hall–Kier alpha value is -2.14. The molecule has 1 fully saturated rings. The zero-order valence-corrected chi connectivity index (χ0v) is 14.3. The van der Waals surface area contributed by atoms with Gasteiger partial charge in [0, 0.05) is 6.54 Å². The average Bonchev–Trinajstić information content (AvgIpc) is 2.58. The van der Waals surface area contributed by atoms with Gasteiger partial charge in [0.05, 0.1) is 13.2 Å². The Labute approximate surface area is 143 Å². The Bertz CT molecular complexity index is 575. The van der Waals surface area contributed by atoms with Crippen LogP contribution in [0, 0.1) is 5.92 Å². The second kappa shape index (κ2) is 9.23. The maximum Gasteiger partial charge on any atom is 0.345 e. The van der Waals surface area contributed by atoms with Gasteiger partial charge in [0.1, 0.15) is 5.57 Å². The highest BCUT2D eigenvalue weighted by molar-refractivity contribution is 6.14. The maximum absolute atomic E-state index is 12.4. The van der Waals surface area contributed by atoms with Crippen molar-refractivity contribution in [3.05, 3.63) is 47.0 Å². The molecule has 1 aromatic rings. The third-order valence-corrected chi connectivity index (χ3v) is 4.06. The van der Waals surface area contributed by atoms with Crippen LogP contribution in [0.15, 0.2) is 41.5 Å². The molecule has 2 rings (SSSR count). The first-order chi connectivity index (χ1) is 11.7. The van der Waals surface area contributed by atoms with Crippen molar-refractivity contribution in [1.82, 2.24) is 5.32 Å². The summed E-state index contributed by atoms with van der Waals surface area (Å²) in [5, 5.41) is 3.34. The number of carbonyl (C=O) groups excluding carboxylic acids is 2. The summed E-state index contributed by atoms with van der Waals surface area (Å²) in [7, 11) is 0. The van der Waals surface area contributed by atoms with Crippen molar-refractivity contribution in [3.63, 3.8) is 0 Å². The quantitative estimate of drug-likeness (QED) is 0.375. The minimum atomic E-state index is -0.578. The molecule has 1 aliphatic rings. The van der Waals surface area contributed by atoms with Crippen molar-refractivity contribution in [2.24, 2.45) is 5.92 Å². The number of esters is 2. The van der Waals surface area contributed by atoms with E-state index in [9.17, 15) is 9.59 Å². The smallest absolute Gasteiger partial charge is 0.345 e. The van der Waals surface area contributed by atoms with Crippen LogP contribution in [0.4, 0.5) is 0 Å². The van der Waals surface area contributed by atoms with E-state index >= 15 is 0 Å². The molecule has 24 heavy (non-hydrogen) atoms. The molecule has 5 heteroatoms. The van der Waals surface area contributed by atoms with Crippen LogP contribution in [-0.4, -0.2) is 38.2 Å². The highest BCUT2D eigenvalue weighted by Gasteiger charge is 2.31. The normalized spacial score (nSPS) is 17.2. The molecule has 130 valence electrons. The van der Waals surface area contributed by atoms with E-state index in [4.69, 9.17) is 9.47 Å². The van der Waals surface area contributed by atoms with Crippen LogP contribution in [-0.2, 0) is 25.5 Å². The third kappa shape index (κ3) is 4.68. The lowest BCUT2D eigenvalue weighted by Gasteiger charge is -2.28. The lowest BCUT2D eigenvalue weighted by molar-refractivity contribution is -0.146. The second-order valence-electron chi connectivity index (χ2n) is 5.68. The molecule has 0 amide bonds. The summed E-state index contributed by atoms with van der Waals surface area (Å²) in [6, 6.07) is 10.1. The third-order valence-electron chi connectivity index (χ3n) is 4.06. The molecule has 0 aromatic heterocycles. The van der Waals surface area contributed by atoms with E-state index in [1.165, 1.54) is 5.56 Å². The molecule has 1 saturated heterocycles. The van der Waals surface area contributed by atoms with E-state index < -0.39 is 11.9 Å². The fourth-order valence-corrected chi connectivity index (χ4v) is 3.00. The summed E-state index contributed by atoms with van der Waals surface area (Å²) < 4.78 is 10.2. The molecule has 0 spiro atoms. The number of carbonyl (C=O) groups is 2. The van der Waals surface area contributed by atoms with Gasteiger partial charge in [-0.15, -0.1) is 0 Å². The van der Waals surface area contributed by atoms with Crippen molar-refractivity contribution in [2.75, 3.05) is 26.3 Å². The number of benzene rings is 1. The van der Waals surface area contributed by atoms with Gasteiger partial charge in [0.15, 0.2) is 0 Å².